The second kappa shape index (κ2) is 7.87. The number of aliphatic hydroxyl groups is 1. The van der Waals surface area contributed by atoms with Crippen molar-refractivity contribution in [1.82, 2.24) is 10.2 Å². The summed E-state index contributed by atoms with van der Waals surface area (Å²) in [6.45, 7) is 2.69. The van der Waals surface area contributed by atoms with Crippen LogP contribution in [0.3, 0.4) is 0 Å². The van der Waals surface area contributed by atoms with Crippen LogP contribution in [0.15, 0.2) is 30.3 Å². The number of alkyl carbamates (subject to hydrolysis) is 1. The number of hydrogen-bond acceptors (Lipinski definition) is 4. The number of benzene rings is 1. The first-order valence-corrected chi connectivity index (χ1v) is 7.09. The van der Waals surface area contributed by atoms with Crippen molar-refractivity contribution in [3.8, 4) is 0 Å². The van der Waals surface area contributed by atoms with Crippen LogP contribution in [0.25, 0.3) is 0 Å². The van der Waals surface area contributed by atoms with Crippen LogP contribution in [0, 0.1) is 0 Å². The Morgan fingerprint density at radius 1 is 1.40 bits per heavy atom. The average Bonchev–Trinajstić information content (AvgIpc) is 2.92. The van der Waals surface area contributed by atoms with Gasteiger partial charge < -0.3 is 15.2 Å². The van der Waals surface area contributed by atoms with Gasteiger partial charge in [0.25, 0.3) is 0 Å². The summed E-state index contributed by atoms with van der Waals surface area (Å²) < 4.78 is 5.17. The third-order valence-corrected chi connectivity index (χ3v) is 3.58. The van der Waals surface area contributed by atoms with Gasteiger partial charge in [-0.05, 0) is 24.9 Å². The highest BCUT2D eigenvalue weighted by molar-refractivity contribution is 5.67. The number of nitrogens with zero attached hydrogens (tertiary/aromatic N) is 1. The molecule has 1 atom stereocenters. The molecule has 5 nitrogen and oxygen atoms in total. The molecule has 1 aromatic carbocycles. The lowest BCUT2D eigenvalue weighted by molar-refractivity contribution is 0.133. The first-order chi connectivity index (χ1) is 9.79. The largest absolute Gasteiger partial charge is 0.445 e. The summed E-state index contributed by atoms with van der Waals surface area (Å²) in [6, 6.07) is 9.93. The lowest BCUT2D eigenvalue weighted by Crippen LogP contribution is -2.41. The molecule has 0 aromatic heterocycles. The van der Waals surface area contributed by atoms with Crippen LogP contribution < -0.4 is 5.32 Å². The molecule has 0 unspecified atom stereocenters. The number of amides is 1. The van der Waals surface area contributed by atoms with Gasteiger partial charge in [0.2, 0.25) is 0 Å². The minimum Gasteiger partial charge on any atom is -0.445 e. The number of likely N-dealkylation sites (tertiary alicyclic amines) is 1. The van der Waals surface area contributed by atoms with Crippen molar-refractivity contribution in [1.29, 1.82) is 0 Å². The summed E-state index contributed by atoms with van der Waals surface area (Å²) in [4.78, 5) is 13.8. The predicted molar refractivity (Wildman–Crippen MR) is 76.3 cm³/mol. The number of carbonyl (C=O) groups is 1. The van der Waals surface area contributed by atoms with Crippen LogP contribution in [0.4, 0.5) is 4.79 Å². The maximum atomic E-state index is 11.6. The van der Waals surface area contributed by atoms with E-state index in [9.17, 15) is 4.79 Å². The van der Waals surface area contributed by atoms with E-state index in [2.05, 4.69) is 10.2 Å². The van der Waals surface area contributed by atoms with Crippen LogP contribution in [0.1, 0.15) is 18.4 Å². The summed E-state index contributed by atoms with van der Waals surface area (Å²) in [5, 5.41) is 11.8. The first-order valence-electron chi connectivity index (χ1n) is 7.09. The number of ether oxygens (including phenoxy) is 1. The van der Waals surface area contributed by atoms with Crippen LogP contribution in [0.5, 0.6) is 0 Å². The van der Waals surface area contributed by atoms with E-state index in [1.807, 2.05) is 30.3 Å². The number of β-amino-alcohol motifs (C(OH)–C–C–N with tert-alkyl or cyclic N) is 1. The number of carbonyl (C=O) groups excluding carboxylic acids is 1. The molecule has 0 saturated carbocycles. The Bertz CT molecular complexity index is 411. The van der Waals surface area contributed by atoms with Gasteiger partial charge in [-0.1, -0.05) is 30.3 Å². The number of hydrogen-bond donors (Lipinski definition) is 2. The van der Waals surface area contributed by atoms with E-state index < -0.39 is 0 Å². The van der Waals surface area contributed by atoms with Gasteiger partial charge in [0.05, 0.1) is 6.61 Å². The molecule has 2 rings (SSSR count). The number of nitrogens with one attached hydrogen (secondary N) is 1. The fraction of sp³-hybridized carbons (Fsp3) is 0.533. The van der Waals surface area contributed by atoms with Gasteiger partial charge >= 0.3 is 6.09 Å². The normalized spacial score (nSPS) is 18.9. The van der Waals surface area contributed by atoms with Crippen molar-refractivity contribution in [3.05, 3.63) is 35.9 Å². The van der Waals surface area contributed by atoms with Crippen LogP contribution in [0.2, 0.25) is 0 Å². The minimum absolute atomic E-state index is 0.162. The number of rotatable bonds is 6. The summed E-state index contributed by atoms with van der Waals surface area (Å²) in [5.74, 6) is 0. The molecule has 2 N–H and O–H groups in total. The Balaban J connectivity index is 1.67. The molecule has 1 aromatic rings. The van der Waals surface area contributed by atoms with Crippen molar-refractivity contribution < 1.29 is 14.6 Å². The van der Waals surface area contributed by atoms with Gasteiger partial charge in [-0.25, -0.2) is 4.79 Å². The third kappa shape index (κ3) is 4.51. The maximum absolute atomic E-state index is 11.6. The maximum Gasteiger partial charge on any atom is 0.407 e. The van der Waals surface area contributed by atoms with Gasteiger partial charge in [0, 0.05) is 19.1 Å². The SMILES string of the molecule is O=C(NC[C@@H]1CCCN1CCO)OCc1ccccc1. The Morgan fingerprint density at radius 3 is 2.95 bits per heavy atom. The van der Waals surface area contributed by atoms with Gasteiger partial charge in [-0.2, -0.15) is 0 Å². The topological polar surface area (TPSA) is 61.8 Å². The molecule has 0 spiro atoms. The Labute approximate surface area is 119 Å². The van der Waals surface area contributed by atoms with Crippen LogP contribution in [-0.2, 0) is 11.3 Å². The van der Waals surface area contributed by atoms with E-state index in [-0.39, 0.29) is 19.3 Å². The molecule has 1 fully saturated rings. The van der Waals surface area contributed by atoms with Gasteiger partial charge in [0.15, 0.2) is 0 Å². The second-order valence-electron chi connectivity index (χ2n) is 5.00. The zero-order valence-electron chi connectivity index (χ0n) is 11.6. The Morgan fingerprint density at radius 2 is 2.20 bits per heavy atom. The van der Waals surface area contributed by atoms with Crippen molar-refractivity contribution in [2.75, 3.05) is 26.2 Å². The molecule has 0 aliphatic carbocycles. The van der Waals surface area contributed by atoms with E-state index in [0.717, 1.165) is 24.9 Å². The Hall–Kier alpha value is -1.59. The van der Waals surface area contributed by atoms with Crippen molar-refractivity contribution in [2.24, 2.45) is 0 Å². The first kappa shape index (κ1) is 14.8. The third-order valence-electron chi connectivity index (χ3n) is 3.58. The molecule has 0 bridgehead atoms. The molecule has 1 amide bonds. The molecule has 5 heteroatoms. The molecule has 110 valence electrons. The van der Waals surface area contributed by atoms with E-state index in [4.69, 9.17) is 9.84 Å². The van der Waals surface area contributed by atoms with Gasteiger partial charge in [0.1, 0.15) is 6.61 Å². The second-order valence-corrected chi connectivity index (χ2v) is 5.00. The Kier molecular flexibility index (Phi) is 5.83. The molecule has 1 aliphatic heterocycles. The van der Waals surface area contributed by atoms with Crippen molar-refractivity contribution in [2.45, 2.75) is 25.5 Å². The highest BCUT2D eigenvalue weighted by Gasteiger charge is 2.24. The standard InChI is InChI=1S/C15H22N2O3/c18-10-9-17-8-4-7-14(17)11-16-15(19)20-12-13-5-2-1-3-6-13/h1-3,5-6,14,18H,4,7-12H2,(H,16,19)/t14-/m0/s1. The highest BCUT2D eigenvalue weighted by Crippen LogP contribution is 2.15. The summed E-state index contributed by atoms with van der Waals surface area (Å²) >= 11 is 0. The highest BCUT2D eigenvalue weighted by atomic mass is 16.5. The quantitative estimate of drug-likeness (QED) is 0.825. The zero-order chi connectivity index (χ0) is 14.2. The predicted octanol–water partition coefficient (Wildman–Crippen LogP) is 1.37. The average molecular weight is 278 g/mol. The lowest BCUT2D eigenvalue weighted by Gasteiger charge is -2.23. The van der Waals surface area contributed by atoms with Crippen molar-refractivity contribution >= 4 is 6.09 Å². The summed E-state index contributed by atoms with van der Waals surface area (Å²) in [6.07, 6.45) is 1.79. The molecular formula is C15H22N2O3. The minimum atomic E-state index is -0.385. The van der Waals surface area contributed by atoms with Crippen LogP contribution >= 0.6 is 0 Å². The molecule has 1 saturated heterocycles. The molecular weight excluding hydrogens is 256 g/mol. The van der Waals surface area contributed by atoms with Gasteiger partial charge in [-0.15, -0.1) is 0 Å². The van der Waals surface area contributed by atoms with E-state index in [1.54, 1.807) is 0 Å². The van der Waals surface area contributed by atoms with E-state index in [1.165, 1.54) is 0 Å². The summed E-state index contributed by atoms with van der Waals surface area (Å²) in [5.41, 5.74) is 0.977. The number of aliphatic hydroxyl groups excluding tert-OH is 1. The van der Waals surface area contributed by atoms with E-state index in [0.29, 0.717) is 19.1 Å². The lowest BCUT2D eigenvalue weighted by atomic mass is 10.2. The molecule has 1 heterocycles. The fourth-order valence-electron chi connectivity index (χ4n) is 2.52. The van der Waals surface area contributed by atoms with E-state index >= 15 is 0 Å². The fourth-order valence-corrected chi connectivity index (χ4v) is 2.52. The molecule has 0 radical (unpaired) electrons. The summed E-state index contributed by atoms with van der Waals surface area (Å²) in [7, 11) is 0. The van der Waals surface area contributed by atoms with Crippen LogP contribution in [-0.4, -0.2) is 48.4 Å². The van der Waals surface area contributed by atoms with Crippen molar-refractivity contribution in [3.63, 3.8) is 0 Å². The molecule has 20 heavy (non-hydrogen) atoms. The monoisotopic (exact) mass is 278 g/mol. The zero-order valence-corrected chi connectivity index (χ0v) is 11.6. The smallest absolute Gasteiger partial charge is 0.407 e. The molecule has 1 aliphatic rings. The van der Waals surface area contributed by atoms with Gasteiger partial charge in [-0.3, -0.25) is 4.90 Å².